The second-order valence-electron chi connectivity index (χ2n) is 8.84. The van der Waals surface area contributed by atoms with Crippen LogP contribution in [-0.4, -0.2) is 12.9 Å². The Hall–Kier alpha value is -3.94. The molecule has 40 heavy (non-hydrogen) atoms. The lowest BCUT2D eigenvalue weighted by molar-refractivity contribution is -0.137. The minimum atomic E-state index is -4.37. The largest absolute Gasteiger partial charge is 0.497 e. The van der Waals surface area contributed by atoms with E-state index in [-0.39, 0.29) is 5.78 Å². The predicted octanol–water partition coefficient (Wildman–Crippen LogP) is 9.91. The van der Waals surface area contributed by atoms with Crippen LogP contribution < -0.4 is 4.74 Å². The molecule has 0 fully saturated rings. The number of benzene rings is 5. The molecule has 0 spiro atoms. The molecule has 0 N–H and O–H groups in total. The maximum Gasteiger partial charge on any atom is 0.416 e. The number of ether oxygens (including phenoxy) is 1. The van der Waals surface area contributed by atoms with Gasteiger partial charge in [0.15, 0.2) is 5.78 Å². The minimum Gasteiger partial charge on any atom is -0.497 e. The molecule has 0 saturated carbocycles. The van der Waals surface area contributed by atoms with Crippen molar-refractivity contribution in [3.63, 3.8) is 0 Å². The molecule has 5 rings (SSSR count). The zero-order valence-electron chi connectivity index (χ0n) is 21.3. The number of carbonyl (C=O) groups is 1. The summed E-state index contributed by atoms with van der Waals surface area (Å²) in [5.41, 5.74) is 2.48. The summed E-state index contributed by atoms with van der Waals surface area (Å²) in [5, 5.41) is 0. The first kappa shape index (κ1) is 27.6. The lowest BCUT2D eigenvalue weighted by Gasteiger charge is -2.13. The molecule has 2 nitrogen and oxygen atoms in total. The van der Waals surface area contributed by atoms with Crippen LogP contribution in [0.25, 0.3) is 11.1 Å². The van der Waals surface area contributed by atoms with E-state index in [1.165, 1.54) is 23.9 Å². The normalized spacial score (nSPS) is 11.3. The standard InChI is InChI=1S/C33H23F3O2S2/c1-38-26-14-19-31(40-28-17-12-25(13-18-28)33(34,35)36)30(21-26)22-10-15-27(16-11-22)39-29-9-5-8-24(20-29)32(37)23-6-3-2-4-7-23/h2-21H,1H3. The fraction of sp³-hybridized carbons (Fsp3) is 0.0606. The Labute approximate surface area is 239 Å². The van der Waals surface area contributed by atoms with Crippen molar-refractivity contribution >= 4 is 29.3 Å². The highest BCUT2D eigenvalue weighted by Crippen LogP contribution is 2.40. The highest BCUT2D eigenvalue weighted by Gasteiger charge is 2.30. The fourth-order valence-electron chi connectivity index (χ4n) is 4.09. The first-order valence-corrected chi connectivity index (χ1v) is 13.9. The third-order valence-corrected chi connectivity index (χ3v) is 8.21. The van der Waals surface area contributed by atoms with E-state index >= 15 is 0 Å². The van der Waals surface area contributed by atoms with Crippen molar-refractivity contribution in [1.29, 1.82) is 0 Å². The van der Waals surface area contributed by atoms with Crippen molar-refractivity contribution in [2.75, 3.05) is 7.11 Å². The molecular formula is C33H23F3O2S2. The van der Waals surface area contributed by atoms with Gasteiger partial charge in [-0.25, -0.2) is 0 Å². The number of rotatable bonds is 8. The van der Waals surface area contributed by atoms with Gasteiger partial charge in [0.25, 0.3) is 0 Å². The predicted molar refractivity (Wildman–Crippen MR) is 154 cm³/mol. The van der Waals surface area contributed by atoms with E-state index in [0.717, 1.165) is 37.9 Å². The van der Waals surface area contributed by atoms with Gasteiger partial charge in [0, 0.05) is 30.7 Å². The Morgan fingerprint density at radius 2 is 1.30 bits per heavy atom. The molecule has 0 aliphatic carbocycles. The van der Waals surface area contributed by atoms with Gasteiger partial charge in [-0.1, -0.05) is 78.1 Å². The third-order valence-electron chi connectivity index (χ3n) is 6.13. The summed E-state index contributed by atoms with van der Waals surface area (Å²) in [6.45, 7) is 0. The summed E-state index contributed by atoms with van der Waals surface area (Å²) >= 11 is 2.96. The molecule has 0 radical (unpaired) electrons. The summed E-state index contributed by atoms with van der Waals surface area (Å²) in [5.74, 6) is 0.666. The van der Waals surface area contributed by atoms with Crippen LogP contribution in [0.1, 0.15) is 21.5 Å². The lowest BCUT2D eigenvalue weighted by Crippen LogP contribution is -2.03. The fourth-order valence-corrected chi connectivity index (χ4v) is 5.91. The van der Waals surface area contributed by atoms with Gasteiger partial charge in [0.2, 0.25) is 0 Å². The number of halogens is 3. The van der Waals surface area contributed by atoms with E-state index in [2.05, 4.69) is 0 Å². The van der Waals surface area contributed by atoms with Gasteiger partial charge in [-0.3, -0.25) is 4.79 Å². The highest BCUT2D eigenvalue weighted by atomic mass is 32.2. The molecule has 0 aliphatic heterocycles. The second kappa shape index (κ2) is 12.1. The van der Waals surface area contributed by atoms with Crippen LogP contribution in [0.4, 0.5) is 13.2 Å². The molecule has 0 atom stereocenters. The second-order valence-corrected chi connectivity index (χ2v) is 11.1. The maximum absolute atomic E-state index is 13.0. The Balaban J connectivity index is 1.36. The van der Waals surface area contributed by atoms with Gasteiger partial charge >= 0.3 is 6.18 Å². The number of ketones is 1. The Bertz CT molecular complexity index is 1620. The van der Waals surface area contributed by atoms with Crippen LogP contribution in [0.3, 0.4) is 0 Å². The molecule has 0 heterocycles. The average Bonchev–Trinajstić information content (AvgIpc) is 2.98. The molecule has 0 aromatic heterocycles. The Morgan fingerprint density at radius 3 is 1.98 bits per heavy atom. The number of hydrogen-bond donors (Lipinski definition) is 0. The molecule has 200 valence electrons. The molecular weight excluding hydrogens is 549 g/mol. The van der Waals surface area contributed by atoms with Crippen molar-refractivity contribution < 1.29 is 22.7 Å². The van der Waals surface area contributed by atoms with Gasteiger partial charge in [-0.15, -0.1) is 0 Å². The van der Waals surface area contributed by atoms with E-state index < -0.39 is 11.7 Å². The third kappa shape index (κ3) is 6.61. The summed E-state index contributed by atoms with van der Waals surface area (Å²) in [4.78, 5) is 16.4. The Morgan fingerprint density at radius 1 is 0.650 bits per heavy atom. The first-order chi connectivity index (χ1) is 19.3. The zero-order chi connectivity index (χ0) is 28.1. The minimum absolute atomic E-state index is 0.0190. The molecule has 0 bridgehead atoms. The molecule has 0 amide bonds. The lowest BCUT2D eigenvalue weighted by atomic mass is 10.0. The molecule has 7 heteroatoms. The monoisotopic (exact) mass is 572 g/mol. The van der Waals surface area contributed by atoms with Crippen LogP contribution in [0, 0.1) is 0 Å². The van der Waals surface area contributed by atoms with E-state index in [9.17, 15) is 18.0 Å². The van der Waals surface area contributed by atoms with Crippen molar-refractivity contribution in [2.45, 2.75) is 25.8 Å². The van der Waals surface area contributed by atoms with Gasteiger partial charge in [0.1, 0.15) is 5.75 Å². The van der Waals surface area contributed by atoms with Crippen molar-refractivity contribution in [1.82, 2.24) is 0 Å². The van der Waals surface area contributed by atoms with Crippen LogP contribution in [0.15, 0.2) is 141 Å². The van der Waals surface area contributed by atoms with Crippen LogP contribution >= 0.6 is 23.5 Å². The highest BCUT2D eigenvalue weighted by molar-refractivity contribution is 7.99. The van der Waals surface area contributed by atoms with Crippen molar-refractivity contribution in [3.8, 4) is 16.9 Å². The van der Waals surface area contributed by atoms with Crippen LogP contribution in [0.2, 0.25) is 0 Å². The van der Waals surface area contributed by atoms with E-state index in [1.54, 1.807) is 18.9 Å². The molecule has 0 aliphatic rings. The number of methoxy groups -OCH3 is 1. The van der Waals surface area contributed by atoms with Crippen molar-refractivity contribution in [2.24, 2.45) is 0 Å². The van der Waals surface area contributed by atoms with Gasteiger partial charge in [-0.2, -0.15) is 13.2 Å². The number of hydrogen-bond acceptors (Lipinski definition) is 4. The van der Waals surface area contributed by atoms with E-state index in [0.29, 0.717) is 21.8 Å². The number of alkyl halides is 3. The maximum atomic E-state index is 13.0. The van der Waals surface area contributed by atoms with Crippen LogP contribution in [-0.2, 0) is 6.18 Å². The molecule has 5 aromatic carbocycles. The molecule has 0 unspecified atom stereocenters. The van der Waals surface area contributed by atoms with Crippen molar-refractivity contribution in [3.05, 3.63) is 138 Å². The average molecular weight is 573 g/mol. The van der Waals surface area contributed by atoms with E-state index in [1.807, 2.05) is 97.1 Å². The smallest absolute Gasteiger partial charge is 0.416 e. The SMILES string of the molecule is COc1ccc(Sc2ccc(C(F)(F)F)cc2)c(-c2ccc(Sc3cccc(C(=O)c4ccccc4)c3)cc2)c1. The summed E-state index contributed by atoms with van der Waals surface area (Å²) in [6.07, 6.45) is -4.37. The first-order valence-electron chi connectivity index (χ1n) is 12.3. The topological polar surface area (TPSA) is 26.3 Å². The summed E-state index contributed by atoms with van der Waals surface area (Å²) in [7, 11) is 1.60. The van der Waals surface area contributed by atoms with Gasteiger partial charge in [-0.05, 0) is 77.9 Å². The summed E-state index contributed by atoms with van der Waals surface area (Å²) in [6, 6.07) is 35.6. The quantitative estimate of drug-likeness (QED) is 0.173. The zero-order valence-corrected chi connectivity index (χ0v) is 22.9. The Kier molecular flexibility index (Phi) is 8.33. The summed E-state index contributed by atoms with van der Waals surface area (Å²) < 4.78 is 44.4. The molecule has 0 saturated heterocycles. The molecule has 5 aromatic rings. The van der Waals surface area contributed by atoms with Gasteiger partial charge in [0.05, 0.1) is 12.7 Å². The van der Waals surface area contributed by atoms with Gasteiger partial charge < -0.3 is 4.74 Å². The number of carbonyl (C=O) groups excluding carboxylic acids is 1. The van der Waals surface area contributed by atoms with E-state index in [4.69, 9.17) is 4.74 Å². The van der Waals surface area contributed by atoms with Crippen LogP contribution in [0.5, 0.6) is 5.75 Å².